The molecule has 1 aliphatic heterocycles. The third-order valence-corrected chi connectivity index (χ3v) is 7.95. The van der Waals surface area contributed by atoms with Crippen molar-refractivity contribution in [1.82, 2.24) is 9.80 Å². The van der Waals surface area contributed by atoms with Gasteiger partial charge in [-0.1, -0.05) is 51.0 Å². The van der Waals surface area contributed by atoms with Crippen molar-refractivity contribution in [3.05, 3.63) is 46.2 Å². The molecule has 1 saturated heterocycles. The van der Waals surface area contributed by atoms with Crippen molar-refractivity contribution in [2.24, 2.45) is 16.6 Å². The van der Waals surface area contributed by atoms with Crippen LogP contribution < -0.4 is 5.73 Å². The third-order valence-electron chi connectivity index (χ3n) is 7.95. The number of nitrogens with two attached hydrogens (primary N) is 1. The number of morpholine rings is 1. The van der Waals surface area contributed by atoms with Gasteiger partial charge in [0.15, 0.2) is 0 Å². The molecule has 1 aromatic rings. The molecule has 0 radical (unpaired) electrons. The second-order valence-corrected chi connectivity index (χ2v) is 11.7. The Bertz CT molecular complexity index is 1040. The van der Waals surface area contributed by atoms with Crippen LogP contribution in [-0.4, -0.2) is 72.3 Å². The summed E-state index contributed by atoms with van der Waals surface area (Å²) in [6.07, 6.45) is 5.50. The fourth-order valence-electron chi connectivity index (χ4n) is 5.20. The molecule has 2 fully saturated rings. The molecule has 1 aliphatic carbocycles. The smallest absolute Gasteiger partial charge is 0.270 e. The number of rotatable bonds is 9. The van der Waals surface area contributed by atoms with E-state index in [9.17, 15) is 9.59 Å². The normalized spacial score (nSPS) is 22.0. The molecule has 2 N–H and O–H groups in total. The van der Waals surface area contributed by atoms with Gasteiger partial charge in [0.2, 0.25) is 5.91 Å². The van der Waals surface area contributed by atoms with E-state index in [1.165, 1.54) is 16.7 Å². The van der Waals surface area contributed by atoms with Gasteiger partial charge in [0.05, 0.1) is 12.2 Å². The quantitative estimate of drug-likeness (QED) is 0.394. The highest BCUT2D eigenvalue weighted by Gasteiger charge is 2.30. The Morgan fingerprint density at radius 1 is 1.07 bits per heavy atom. The van der Waals surface area contributed by atoms with Gasteiger partial charge >= 0.3 is 0 Å². The first-order valence-electron chi connectivity index (χ1n) is 15.2. The molecule has 1 aromatic carbocycles. The van der Waals surface area contributed by atoms with Gasteiger partial charge in [0, 0.05) is 37.5 Å². The number of carbonyl (C=O) groups excluding carboxylic acids is 2. The molecular weight excluding hydrogens is 500 g/mol. The maximum absolute atomic E-state index is 13.0. The summed E-state index contributed by atoms with van der Waals surface area (Å²) in [5, 5.41) is 0. The van der Waals surface area contributed by atoms with Crippen molar-refractivity contribution < 1.29 is 14.3 Å². The van der Waals surface area contributed by atoms with E-state index < -0.39 is 0 Å². The van der Waals surface area contributed by atoms with Gasteiger partial charge in [-0.3, -0.25) is 14.6 Å². The van der Waals surface area contributed by atoms with E-state index >= 15 is 0 Å². The van der Waals surface area contributed by atoms with Gasteiger partial charge in [-0.2, -0.15) is 0 Å². The largest absolute Gasteiger partial charge is 0.394 e. The van der Waals surface area contributed by atoms with Crippen molar-refractivity contribution in [3.63, 3.8) is 0 Å². The number of nitrogens with zero attached hydrogens (tertiary/aromatic N) is 3. The predicted molar refractivity (Wildman–Crippen MR) is 166 cm³/mol. The average Bonchev–Trinajstić information content (AvgIpc) is 3.39. The molecule has 0 aromatic heterocycles. The van der Waals surface area contributed by atoms with E-state index in [2.05, 4.69) is 64.7 Å². The van der Waals surface area contributed by atoms with Crippen LogP contribution >= 0.6 is 0 Å². The van der Waals surface area contributed by atoms with Gasteiger partial charge in [0.1, 0.15) is 12.2 Å². The number of aryl methyl sites for hydroxylation is 3. The van der Waals surface area contributed by atoms with E-state index in [0.717, 1.165) is 62.9 Å². The molecule has 7 heteroatoms. The molecule has 40 heavy (non-hydrogen) atoms. The Labute approximate surface area is 243 Å². The molecule has 0 spiro atoms. The van der Waals surface area contributed by atoms with Crippen LogP contribution in [0.2, 0.25) is 0 Å². The van der Waals surface area contributed by atoms with E-state index in [4.69, 9.17) is 10.5 Å². The summed E-state index contributed by atoms with van der Waals surface area (Å²) in [6, 6.07) is 6.50. The zero-order valence-electron chi connectivity index (χ0n) is 26.4. The number of hydrogen-bond acceptors (Lipinski definition) is 5. The van der Waals surface area contributed by atoms with Crippen molar-refractivity contribution >= 4 is 17.5 Å². The van der Waals surface area contributed by atoms with E-state index in [1.54, 1.807) is 4.90 Å². The number of benzene rings is 1. The minimum absolute atomic E-state index is 0.000174. The minimum Gasteiger partial charge on any atom is -0.394 e. The molecule has 3 rings (SSSR count). The molecule has 0 bridgehead atoms. The molecule has 224 valence electrons. The number of allylic oxidation sites excluding steroid dienone is 1. The van der Waals surface area contributed by atoms with Crippen LogP contribution in [0.15, 0.2) is 34.5 Å². The Hall–Kier alpha value is -2.67. The topological polar surface area (TPSA) is 88.2 Å². The van der Waals surface area contributed by atoms with Crippen LogP contribution in [0, 0.1) is 26.7 Å². The lowest BCUT2D eigenvalue weighted by Crippen LogP contribution is -2.49. The Balaban J connectivity index is 0.000000526. The molecule has 2 aliphatic rings. The van der Waals surface area contributed by atoms with Crippen molar-refractivity contribution in [2.45, 2.75) is 106 Å². The van der Waals surface area contributed by atoms with Gasteiger partial charge in [-0.05, 0) is 83.8 Å². The second kappa shape index (κ2) is 16.6. The minimum atomic E-state index is -0.140. The van der Waals surface area contributed by atoms with Crippen LogP contribution in [0.3, 0.4) is 0 Å². The molecule has 1 unspecified atom stereocenters. The van der Waals surface area contributed by atoms with E-state index in [-0.39, 0.29) is 36.3 Å². The molecule has 2 amide bonds. The number of amides is 2. The molecule has 7 nitrogen and oxygen atoms in total. The van der Waals surface area contributed by atoms with Crippen molar-refractivity contribution in [1.29, 1.82) is 0 Å². The summed E-state index contributed by atoms with van der Waals surface area (Å²) in [7, 11) is 0. The summed E-state index contributed by atoms with van der Waals surface area (Å²) >= 11 is 0. The van der Waals surface area contributed by atoms with Crippen LogP contribution in [0.1, 0.15) is 89.8 Å². The maximum Gasteiger partial charge on any atom is 0.270 e. The van der Waals surface area contributed by atoms with E-state index in [1.807, 2.05) is 18.7 Å². The summed E-state index contributed by atoms with van der Waals surface area (Å²) in [4.78, 5) is 34.1. The van der Waals surface area contributed by atoms with E-state index in [0.29, 0.717) is 19.0 Å². The zero-order chi connectivity index (χ0) is 29.8. The highest BCUT2D eigenvalue weighted by molar-refractivity contribution is 6.09. The first-order valence-corrected chi connectivity index (χ1v) is 15.2. The Kier molecular flexibility index (Phi) is 13.9. The Morgan fingerprint density at radius 2 is 1.75 bits per heavy atom. The molecule has 3 atom stereocenters. The summed E-state index contributed by atoms with van der Waals surface area (Å²) in [5.74, 6) is 0.531. The average molecular weight is 555 g/mol. The number of carbonyl (C=O) groups is 2. The molecule has 1 heterocycles. The zero-order valence-corrected chi connectivity index (χ0v) is 26.4. The number of ether oxygens (including phenoxy) is 1. The fourth-order valence-corrected chi connectivity index (χ4v) is 5.20. The first-order chi connectivity index (χ1) is 19.0. The maximum atomic E-state index is 13.0. The first kappa shape index (κ1) is 33.5. The van der Waals surface area contributed by atoms with Crippen LogP contribution in [0.5, 0.6) is 0 Å². The fraction of sp³-hybridized carbons (Fsp3) is 0.667. The summed E-state index contributed by atoms with van der Waals surface area (Å²) < 4.78 is 5.73. The highest BCUT2D eigenvalue weighted by Crippen LogP contribution is 2.25. The van der Waals surface area contributed by atoms with Crippen LogP contribution in [0.4, 0.5) is 0 Å². The number of hydrogen-bond donors (Lipinski definition) is 1. The Morgan fingerprint density at radius 3 is 2.33 bits per heavy atom. The molecular formula is C33H54N4O3. The van der Waals surface area contributed by atoms with Crippen molar-refractivity contribution in [2.75, 3.05) is 32.7 Å². The lowest BCUT2D eigenvalue weighted by Gasteiger charge is -2.35. The van der Waals surface area contributed by atoms with Gasteiger partial charge < -0.3 is 20.3 Å². The molecule has 1 saturated carbocycles. The number of aliphatic imine (C=N–C) groups is 1. The predicted octanol–water partition coefficient (Wildman–Crippen LogP) is 5.75. The van der Waals surface area contributed by atoms with Crippen LogP contribution in [0.25, 0.3) is 0 Å². The summed E-state index contributed by atoms with van der Waals surface area (Å²) in [5.41, 5.74) is 12.4. The SMILES string of the molecule is CCCN(CCC(C)CC)C(=O)CN=C1CCC/C1=C(/N)C(=O)N1C[C@@H](C)O[C@@H](C)C1.Cc1ccc(C)c(C)c1. The third kappa shape index (κ3) is 10.4. The lowest BCUT2D eigenvalue weighted by atomic mass is 10.1. The summed E-state index contributed by atoms with van der Waals surface area (Å²) in [6.45, 7) is 19.6. The monoisotopic (exact) mass is 554 g/mol. The van der Waals surface area contributed by atoms with Crippen LogP contribution in [-0.2, 0) is 14.3 Å². The lowest BCUT2D eigenvalue weighted by molar-refractivity contribution is -0.139. The standard InChI is InChI=1S/C24H42N4O3.C9H12/c1-6-12-27(13-11-17(3)7-2)22(29)14-26-21-10-8-9-20(21)23(25)24(30)28-15-18(4)31-19(5)16-28;1-7-4-5-8(2)9(3)6-7/h17-19H,6-16,25H2,1-5H3;4-6H,1-3H3/b23-20-,26-21?;/t17?,18-,19+;. The highest BCUT2D eigenvalue weighted by atomic mass is 16.5. The van der Waals surface area contributed by atoms with Crippen molar-refractivity contribution in [3.8, 4) is 0 Å². The second-order valence-electron chi connectivity index (χ2n) is 11.7. The van der Waals surface area contributed by atoms with Gasteiger partial charge in [-0.15, -0.1) is 0 Å². The van der Waals surface area contributed by atoms with Gasteiger partial charge in [-0.25, -0.2) is 0 Å². The van der Waals surface area contributed by atoms with Gasteiger partial charge in [0.25, 0.3) is 5.91 Å².